The van der Waals surface area contributed by atoms with Gasteiger partial charge in [-0.15, -0.1) is 24.8 Å². The molecule has 1 fully saturated rings. The SMILES string of the molecule is Cl.Cl.N#Cc1ccc(C(=O)N2CCC3(CC2)N=C(N)c2c(F)ccc(F)c2N3)cn1. The van der Waals surface area contributed by atoms with Crippen LogP contribution in [0.4, 0.5) is 14.5 Å². The average molecular weight is 455 g/mol. The van der Waals surface area contributed by atoms with Gasteiger partial charge in [0.2, 0.25) is 0 Å². The standard InChI is InChI=1S/C19H16F2N6O.2ClH/c20-13-3-4-14(21)16-15(13)17(23)26-19(25-16)5-7-27(8-6-19)18(28)11-1-2-12(9-22)24-10-11;;/h1-4,10,25H,5-8H2,(H2,23,26);2*1H. The lowest BCUT2D eigenvalue weighted by Crippen LogP contribution is -2.52. The minimum Gasteiger partial charge on any atom is -0.383 e. The zero-order chi connectivity index (χ0) is 19.9. The van der Waals surface area contributed by atoms with Gasteiger partial charge in [0.05, 0.1) is 16.8 Å². The number of pyridine rings is 1. The van der Waals surface area contributed by atoms with Gasteiger partial charge in [-0.1, -0.05) is 0 Å². The van der Waals surface area contributed by atoms with E-state index in [1.165, 1.54) is 12.3 Å². The van der Waals surface area contributed by atoms with Crippen LogP contribution in [-0.4, -0.2) is 40.4 Å². The van der Waals surface area contributed by atoms with E-state index in [1.54, 1.807) is 11.0 Å². The van der Waals surface area contributed by atoms with E-state index in [2.05, 4.69) is 15.3 Å². The van der Waals surface area contributed by atoms with E-state index in [-0.39, 0.29) is 53.5 Å². The number of aliphatic imine (C=N–C) groups is 1. The fourth-order valence-electron chi connectivity index (χ4n) is 3.56. The molecule has 1 aromatic heterocycles. The number of carbonyl (C=O) groups is 1. The van der Waals surface area contributed by atoms with Gasteiger partial charge in [-0.05, 0) is 24.3 Å². The highest BCUT2D eigenvalue weighted by atomic mass is 35.5. The van der Waals surface area contributed by atoms with Crippen molar-refractivity contribution in [2.75, 3.05) is 18.4 Å². The Morgan fingerprint density at radius 2 is 1.83 bits per heavy atom. The number of carbonyl (C=O) groups excluding carboxylic acids is 1. The van der Waals surface area contributed by atoms with Crippen molar-refractivity contribution in [1.82, 2.24) is 9.88 Å². The molecule has 0 unspecified atom stereocenters. The molecule has 1 amide bonds. The summed E-state index contributed by atoms with van der Waals surface area (Å²) in [4.78, 5) is 22.6. The van der Waals surface area contributed by atoms with Crippen molar-refractivity contribution in [3.05, 3.63) is 58.9 Å². The Labute approximate surface area is 183 Å². The van der Waals surface area contributed by atoms with Crippen molar-refractivity contribution in [2.24, 2.45) is 10.7 Å². The number of hydrogen-bond donors (Lipinski definition) is 2. The van der Waals surface area contributed by atoms with E-state index in [4.69, 9.17) is 11.0 Å². The number of nitriles is 1. The summed E-state index contributed by atoms with van der Waals surface area (Å²) in [6.45, 7) is 0.712. The number of fused-ring (bicyclic) bond motifs is 1. The minimum absolute atomic E-state index is 0. The molecule has 0 atom stereocenters. The number of aromatic nitrogens is 1. The molecule has 0 radical (unpaired) electrons. The Hall–Kier alpha value is -2.96. The lowest BCUT2D eigenvalue weighted by molar-refractivity contribution is 0.0685. The van der Waals surface area contributed by atoms with E-state index in [0.717, 1.165) is 12.1 Å². The number of rotatable bonds is 1. The highest BCUT2D eigenvalue weighted by molar-refractivity contribution is 6.04. The maximum absolute atomic E-state index is 14.2. The van der Waals surface area contributed by atoms with Crippen LogP contribution in [0.15, 0.2) is 35.5 Å². The molecule has 3 N–H and O–H groups in total. The molecule has 2 aliphatic rings. The molecule has 7 nitrogen and oxygen atoms in total. The third kappa shape index (κ3) is 4.01. The highest BCUT2D eigenvalue weighted by Gasteiger charge is 2.40. The highest BCUT2D eigenvalue weighted by Crippen LogP contribution is 2.36. The van der Waals surface area contributed by atoms with Crippen molar-refractivity contribution in [2.45, 2.75) is 18.5 Å². The van der Waals surface area contributed by atoms with Gasteiger partial charge in [0.15, 0.2) is 0 Å². The van der Waals surface area contributed by atoms with E-state index >= 15 is 0 Å². The smallest absolute Gasteiger partial charge is 0.255 e. The van der Waals surface area contributed by atoms with E-state index in [1.807, 2.05) is 6.07 Å². The molecule has 2 aromatic rings. The molecule has 11 heteroatoms. The minimum atomic E-state index is -0.884. The van der Waals surface area contributed by atoms with Crippen LogP contribution in [0.1, 0.15) is 34.5 Å². The summed E-state index contributed by atoms with van der Waals surface area (Å²) in [6.07, 6.45) is 2.14. The molecule has 0 aliphatic carbocycles. The summed E-state index contributed by atoms with van der Waals surface area (Å²) in [5.74, 6) is -1.50. The molecule has 30 heavy (non-hydrogen) atoms. The second kappa shape index (κ2) is 8.81. The van der Waals surface area contributed by atoms with Gasteiger partial charge in [-0.3, -0.25) is 4.79 Å². The maximum Gasteiger partial charge on any atom is 0.255 e. The Balaban J connectivity index is 0.00000160. The van der Waals surface area contributed by atoms with Gasteiger partial charge in [-0.25, -0.2) is 18.8 Å². The molecule has 1 aromatic carbocycles. The monoisotopic (exact) mass is 454 g/mol. The Bertz CT molecular complexity index is 1030. The van der Waals surface area contributed by atoms with E-state index in [0.29, 0.717) is 31.5 Å². The first kappa shape index (κ1) is 23.3. The maximum atomic E-state index is 14.2. The Morgan fingerprint density at radius 1 is 1.17 bits per heavy atom. The Kier molecular flexibility index (Phi) is 6.85. The number of piperidine rings is 1. The third-order valence-corrected chi connectivity index (χ3v) is 5.05. The second-order valence-corrected chi connectivity index (χ2v) is 6.77. The number of nitrogens with one attached hydrogen (secondary N) is 1. The van der Waals surface area contributed by atoms with Gasteiger partial charge in [0.1, 0.15) is 34.9 Å². The first-order valence-corrected chi connectivity index (χ1v) is 8.70. The van der Waals surface area contributed by atoms with Crippen molar-refractivity contribution in [3.63, 3.8) is 0 Å². The second-order valence-electron chi connectivity index (χ2n) is 6.77. The predicted molar refractivity (Wildman–Crippen MR) is 112 cm³/mol. The predicted octanol–water partition coefficient (Wildman–Crippen LogP) is 2.84. The average Bonchev–Trinajstić information content (AvgIpc) is 2.71. The summed E-state index contributed by atoms with van der Waals surface area (Å²) in [5.41, 5.74) is 5.60. The van der Waals surface area contributed by atoms with Crippen LogP contribution < -0.4 is 11.1 Å². The Morgan fingerprint density at radius 3 is 2.43 bits per heavy atom. The van der Waals surface area contributed by atoms with Crippen LogP contribution in [0.25, 0.3) is 0 Å². The topological polar surface area (TPSA) is 107 Å². The molecule has 3 heterocycles. The molecular weight excluding hydrogens is 437 g/mol. The fraction of sp³-hybridized carbons (Fsp3) is 0.263. The molecule has 1 spiro atoms. The summed E-state index contributed by atoms with van der Waals surface area (Å²) in [7, 11) is 0. The number of likely N-dealkylation sites (tertiary alicyclic amines) is 1. The number of nitrogens with zero attached hydrogens (tertiary/aromatic N) is 4. The lowest BCUT2D eigenvalue weighted by Gasteiger charge is -2.42. The van der Waals surface area contributed by atoms with Crippen LogP contribution in [0.2, 0.25) is 0 Å². The number of amides is 1. The molecular formula is C19H18Cl2F2N6O. The molecule has 4 rings (SSSR count). The summed E-state index contributed by atoms with van der Waals surface area (Å²) in [5, 5.41) is 11.8. The number of halogens is 4. The van der Waals surface area contributed by atoms with Crippen LogP contribution in [0.3, 0.4) is 0 Å². The molecule has 1 saturated heterocycles. The van der Waals surface area contributed by atoms with Crippen LogP contribution in [0.5, 0.6) is 0 Å². The van der Waals surface area contributed by atoms with Crippen LogP contribution >= 0.6 is 24.8 Å². The summed E-state index contributed by atoms with van der Waals surface area (Å²) in [6, 6.07) is 7.01. The van der Waals surface area contributed by atoms with Crippen molar-refractivity contribution in [3.8, 4) is 6.07 Å². The van der Waals surface area contributed by atoms with E-state index < -0.39 is 17.3 Å². The van der Waals surface area contributed by atoms with Gasteiger partial charge in [-0.2, -0.15) is 5.26 Å². The fourth-order valence-corrected chi connectivity index (χ4v) is 3.56. The quantitative estimate of drug-likeness (QED) is 0.688. The first-order chi connectivity index (χ1) is 13.4. The van der Waals surface area contributed by atoms with Crippen molar-refractivity contribution < 1.29 is 13.6 Å². The third-order valence-electron chi connectivity index (χ3n) is 5.05. The zero-order valence-electron chi connectivity index (χ0n) is 15.6. The number of benzene rings is 1. The number of anilines is 1. The van der Waals surface area contributed by atoms with Gasteiger partial charge >= 0.3 is 0 Å². The first-order valence-electron chi connectivity index (χ1n) is 8.70. The summed E-state index contributed by atoms with van der Waals surface area (Å²) < 4.78 is 28.2. The molecule has 0 bridgehead atoms. The number of hydrogen-bond acceptors (Lipinski definition) is 6. The number of amidine groups is 1. The van der Waals surface area contributed by atoms with Crippen LogP contribution in [-0.2, 0) is 0 Å². The molecule has 0 saturated carbocycles. The molecule has 158 valence electrons. The van der Waals surface area contributed by atoms with Gasteiger partial charge in [0.25, 0.3) is 5.91 Å². The van der Waals surface area contributed by atoms with Crippen LogP contribution in [0, 0.1) is 23.0 Å². The van der Waals surface area contributed by atoms with Crippen molar-refractivity contribution in [1.29, 1.82) is 5.26 Å². The summed E-state index contributed by atoms with van der Waals surface area (Å²) >= 11 is 0. The zero-order valence-corrected chi connectivity index (χ0v) is 17.2. The molecule has 2 aliphatic heterocycles. The largest absolute Gasteiger partial charge is 0.383 e. The lowest BCUT2D eigenvalue weighted by atomic mass is 9.93. The van der Waals surface area contributed by atoms with E-state index in [9.17, 15) is 13.6 Å². The number of nitrogens with two attached hydrogens (primary N) is 1. The van der Waals surface area contributed by atoms with Gasteiger partial charge in [0, 0.05) is 32.1 Å². The van der Waals surface area contributed by atoms with Gasteiger partial charge < -0.3 is 16.0 Å². The normalized spacial score (nSPS) is 16.2. The van der Waals surface area contributed by atoms with Crippen molar-refractivity contribution >= 4 is 42.2 Å².